The van der Waals surface area contributed by atoms with E-state index < -0.39 is 5.60 Å². The Labute approximate surface area is 202 Å². The van der Waals surface area contributed by atoms with E-state index in [4.69, 9.17) is 9.15 Å². The summed E-state index contributed by atoms with van der Waals surface area (Å²) in [5, 5.41) is 12.4. The van der Waals surface area contributed by atoms with Crippen molar-refractivity contribution in [2.24, 2.45) is 5.41 Å². The molecule has 2 aliphatic rings. The van der Waals surface area contributed by atoms with Gasteiger partial charge in [0, 0.05) is 55.6 Å². The highest BCUT2D eigenvalue weighted by atomic mass is 16.5. The topological polar surface area (TPSA) is 71.6 Å². The molecule has 0 spiro atoms. The molecule has 0 radical (unpaired) electrons. The third kappa shape index (κ3) is 3.98. The van der Waals surface area contributed by atoms with Gasteiger partial charge in [-0.2, -0.15) is 0 Å². The van der Waals surface area contributed by atoms with Gasteiger partial charge in [-0.05, 0) is 43.0 Å². The molecule has 0 bridgehead atoms. The number of likely N-dealkylation sites (tertiary alicyclic amines) is 1. The van der Waals surface area contributed by atoms with Crippen LogP contribution in [0.25, 0.3) is 11.5 Å². The van der Waals surface area contributed by atoms with Crippen LogP contribution in [0.5, 0.6) is 0 Å². The van der Waals surface area contributed by atoms with Crippen LogP contribution in [-0.4, -0.2) is 53.3 Å². The highest BCUT2D eigenvalue weighted by Crippen LogP contribution is 2.50. The van der Waals surface area contributed by atoms with Gasteiger partial charge in [-0.3, -0.25) is 4.98 Å². The number of oxazole rings is 1. The lowest BCUT2D eigenvalue weighted by molar-refractivity contribution is -0.127. The number of pyridine rings is 1. The van der Waals surface area contributed by atoms with Crippen LogP contribution in [0.2, 0.25) is 0 Å². The van der Waals surface area contributed by atoms with Gasteiger partial charge in [0.1, 0.15) is 11.4 Å². The predicted molar refractivity (Wildman–Crippen MR) is 132 cm³/mol. The fourth-order valence-corrected chi connectivity index (χ4v) is 5.69. The Kier molecular flexibility index (Phi) is 6.09. The maximum Gasteiger partial charge on any atom is 0.227 e. The van der Waals surface area contributed by atoms with E-state index in [1.54, 1.807) is 12.4 Å². The van der Waals surface area contributed by atoms with E-state index in [2.05, 4.69) is 67.0 Å². The Bertz CT molecular complexity index is 1130. The first-order chi connectivity index (χ1) is 16.3. The van der Waals surface area contributed by atoms with Crippen LogP contribution in [-0.2, 0) is 10.3 Å². The quantitative estimate of drug-likeness (QED) is 0.561. The number of rotatable bonds is 6. The van der Waals surface area contributed by atoms with Crippen LogP contribution in [0.4, 0.5) is 0 Å². The zero-order chi connectivity index (χ0) is 23.9. The minimum atomic E-state index is -1.19. The van der Waals surface area contributed by atoms with Gasteiger partial charge in [0.15, 0.2) is 0 Å². The molecule has 6 heteroatoms. The first-order valence-corrected chi connectivity index (χ1v) is 12.3. The average molecular weight is 462 g/mol. The van der Waals surface area contributed by atoms with Crippen molar-refractivity contribution in [3.8, 4) is 11.5 Å². The minimum Gasteiger partial charge on any atom is -0.441 e. The van der Waals surface area contributed by atoms with Crippen LogP contribution in [0.15, 0.2) is 53.3 Å². The molecule has 5 rings (SSSR count). The lowest BCUT2D eigenvalue weighted by Crippen LogP contribution is -2.63. The first-order valence-electron chi connectivity index (χ1n) is 12.3. The van der Waals surface area contributed by atoms with Gasteiger partial charge in [0.2, 0.25) is 5.89 Å². The Morgan fingerprint density at radius 3 is 2.41 bits per heavy atom. The maximum absolute atomic E-state index is 12.4. The molecule has 6 nitrogen and oxygen atoms in total. The third-order valence-electron chi connectivity index (χ3n) is 7.66. The second-order valence-electron chi connectivity index (χ2n) is 10.6. The summed E-state index contributed by atoms with van der Waals surface area (Å²) < 4.78 is 11.7. The minimum absolute atomic E-state index is 0.340. The number of hydrogen-bond acceptors (Lipinski definition) is 6. The van der Waals surface area contributed by atoms with Crippen LogP contribution in [0.1, 0.15) is 67.9 Å². The molecule has 1 N–H and O–H groups in total. The summed E-state index contributed by atoms with van der Waals surface area (Å²) in [6, 6.07) is 10.4. The molecule has 1 aromatic carbocycles. The molecular weight excluding hydrogens is 426 g/mol. The largest absolute Gasteiger partial charge is 0.441 e. The van der Waals surface area contributed by atoms with Crippen molar-refractivity contribution in [1.29, 1.82) is 0 Å². The zero-order valence-electron chi connectivity index (χ0n) is 20.6. The monoisotopic (exact) mass is 461 g/mol. The Hall–Kier alpha value is -2.54. The molecular formula is C28H35N3O3. The summed E-state index contributed by atoms with van der Waals surface area (Å²) in [4.78, 5) is 11.3. The van der Waals surface area contributed by atoms with Crippen LogP contribution in [0, 0.1) is 5.41 Å². The van der Waals surface area contributed by atoms with Crippen molar-refractivity contribution < 1.29 is 14.3 Å². The summed E-state index contributed by atoms with van der Waals surface area (Å²) >= 11 is 0. The van der Waals surface area contributed by atoms with Crippen molar-refractivity contribution in [2.75, 3.05) is 33.4 Å². The molecule has 0 saturated carbocycles. The SMILES string of the molecule is CC(C)c1ccc([C@](O)(c2cncc(-c3ncc(C4CCOCC4)o3)c2)C2(C)CN(C)C2)cc1. The Balaban J connectivity index is 1.53. The smallest absolute Gasteiger partial charge is 0.227 e. The van der Waals surface area contributed by atoms with E-state index in [-0.39, 0.29) is 5.41 Å². The predicted octanol–water partition coefficient (Wildman–Crippen LogP) is 4.94. The second-order valence-corrected chi connectivity index (χ2v) is 10.6. The van der Waals surface area contributed by atoms with Crippen LogP contribution in [0.3, 0.4) is 0 Å². The van der Waals surface area contributed by atoms with Crippen molar-refractivity contribution in [3.63, 3.8) is 0 Å². The molecule has 4 heterocycles. The molecule has 0 unspecified atom stereocenters. The summed E-state index contributed by atoms with van der Waals surface area (Å²) in [6.07, 6.45) is 7.28. The number of nitrogens with zero attached hydrogens (tertiary/aromatic N) is 3. The number of aliphatic hydroxyl groups is 1. The van der Waals surface area contributed by atoms with Gasteiger partial charge in [0.05, 0.1) is 11.8 Å². The van der Waals surface area contributed by atoms with Gasteiger partial charge in [-0.1, -0.05) is 45.0 Å². The molecule has 180 valence electrons. The number of aromatic nitrogens is 2. The lowest BCUT2D eigenvalue weighted by atomic mass is 9.62. The van der Waals surface area contributed by atoms with Crippen molar-refractivity contribution in [1.82, 2.24) is 14.9 Å². The van der Waals surface area contributed by atoms with E-state index in [1.165, 1.54) is 5.56 Å². The molecule has 2 fully saturated rings. The number of benzene rings is 1. The Morgan fingerprint density at radius 1 is 1.06 bits per heavy atom. The maximum atomic E-state index is 12.4. The molecule has 2 aliphatic heterocycles. The van der Waals surface area contributed by atoms with E-state index >= 15 is 0 Å². The van der Waals surface area contributed by atoms with E-state index in [0.717, 1.165) is 61.6 Å². The summed E-state index contributed by atoms with van der Waals surface area (Å²) in [5.74, 6) is 2.22. The lowest BCUT2D eigenvalue weighted by Gasteiger charge is -2.55. The van der Waals surface area contributed by atoms with Crippen LogP contribution < -0.4 is 0 Å². The van der Waals surface area contributed by atoms with Crippen molar-refractivity contribution >= 4 is 0 Å². The van der Waals surface area contributed by atoms with Gasteiger partial charge < -0.3 is 19.2 Å². The van der Waals surface area contributed by atoms with Gasteiger partial charge in [-0.25, -0.2) is 4.98 Å². The third-order valence-corrected chi connectivity index (χ3v) is 7.66. The fourth-order valence-electron chi connectivity index (χ4n) is 5.69. The van der Waals surface area contributed by atoms with Crippen LogP contribution >= 0.6 is 0 Å². The number of ether oxygens (including phenoxy) is 1. The van der Waals surface area contributed by atoms with E-state index in [9.17, 15) is 5.11 Å². The highest BCUT2D eigenvalue weighted by molar-refractivity contribution is 5.55. The fraction of sp³-hybridized carbons (Fsp3) is 0.500. The normalized spacial score (nSPS) is 20.8. The molecule has 34 heavy (non-hydrogen) atoms. The molecule has 2 saturated heterocycles. The van der Waals surface area contributed by atoms with Crippen molar-refractivity contribution in [3.05, 3.63) is 71.4 Å². The zero-order valence-corrected chi connectivity index (χ0v) is 20.6. The summed E-state index contributed by atoms with van der Waals surface area (Å²) in [5.41, 5.74) is 2.17. The van der Waals surface area contributed by atoms with Gasteiger partial charge >= 0.3 is 0 Å². The van der Waals surface area contributed by atoms with Gasteiger partial charge in [-0.15, -0.1) is 0 Å². The van der Waals surface area contributed by atoms with E-state index in [1.807, 2.05) is 12.3 Å². The summed E-state index contributed by atoms with van der Waals surface area (Å²) in [6.45, 7) is 9.63. The van der Waals surface area contributed by atoms with Crippen molar-refractivity contribution in [2.45, 2.75) is 51.0 Å². The standard InChI is InChI=1S/C28H35N3O3/c1-19(2)20-5-7-23(8-6-20)28(32,27(3)17-31(4)18-27)24-13-22(14-29-15-24)26-30-16-25(34-26)21-9-11-33-12-10-21/h5-8,13-16,19,21,32H,9-12,17-18H2,1-4H3/t28-/m0/s1. The highest BCUT2D eigenvalue weighted by Gasteiger charge is 2.55. The van der Waals surface area contributed by atoms with E-state index in [0.29, 0.717) is 17.7 Å². The molecule has 0 aliphatic carbocycles. The first kappa shape index (κ1) is 23.2. The second kappa shape index (κ2) is 8.91. The Morgan fingerprint density at radius 2 is 1.76 bits per heavy atom. The molecule has 0 amide bonds. The molecule has 3 aromatic rings. The molecule has 1 atom stereocenters. The van der Waals surface area contributed by atoms with Gasteiger partial charge in [0.25, 0.3) is 0 Å². The number of hydrogen-bond donors (Lipinski definition) is 1. The molecule has 2 aromatic heterocycles. The summed E-state index contributed by atoms with van der Waals surface area (Å²) in [7, 11) is 2.09. The average Bonchev–Trinajstić information content (AvgIpc) is 3.34.